The van der Waals surface area contributed by atoms with Gasteiger partial charge in [0.15, 0.2) is 0 Å². The molecule has 0 fully saturated rings. The first-order valence-electron chi connectivity index (χ1n) is 11.6. The van der Waals surface area contributed by atoms with Crippen LogP contribution in [-0.2, 0) is 20.7 Å². The van der Waals surface area contributed by atoms with Gasteiger partial charge >= 0.3 is 12.1 Å². The fourth-order valence-corrected chi connectivity index (χ4v) is 3.70. The molecule has 1 amide bonds. The zero-order chi connectivity index (χ0) is 25.9. The van der Waals surface area contributed by atoms with Gasteiger partial charge in [0, 0.05) is 36.6 Å². The second-order valence-electron chi connectivity index (χ2n) is 9.93. The minimum absolute atomic E-state index is 0.0145. The van der Waals surface area contributed by atoms with E-state index < -0.39 is 29.3 Å². The molecule has 1 rings (SSSR count). The Morgan fingerprint density at radius 2 is 1.59 bits per heavy atom. The lowest BCUT2D eigenvalue weighted by molar-refractivity contribution is -0.155. The number of halogens is 2. The first-order valence-corrected chi connectivity index (χ1v) is 12.7. The van der Waals surface area contributed by atoms with E-state index in [1.54, 1.807) is 41.5 Å². The summed E-state index contributed by atoms with van der Waals surface area (Å²) in [6.07, 6.45) is -0.266. The zero-order valence-corrected chi connectivity index (χ0v) is 23.0. The van der Waals surface area contributed by atoms with Crippen molar-refractivity contribution in [2.75, 3.05) is 36.4 Å². The second kappa shape index (κ2) is 13.9. The number of hydrogen-bond donors (Lipinski definition) is 1. The normalized spacial score (nSPS) is 12.6. The van der Waals surface area contributed by atoms with E-state index >= 15 is 0 Å². The molecule has 0 saturated heterocycles. The Bertz CT molecular complexity index is 754. The molecule has 0 aliphatic carbocycles. The Hall–Kier alpha value is -1.86. The second-order valence-corrected chi connectivity index (χ2v) is 10.7. The molecular formula is C25H40Cl2N2O5. The van der Waals surface area contributed by atoms with E-state index in [0.717, 1.165) is 11.3 Å². The number of benzene rings is 1. The van der Waals surface area contributed by atoms with Gasteiger partial charge in [0.2, 0.25) is 0 Å². The van der Waals surface area contributed by atoms with Crippen molar-refractivity contribution in [1.82, 2.24) is 5.32 Å². The summed E-state index contributed by atoms with van der Waals surface area (Å²) in [6, 6.07) is 5.27. The number of amides is 1. The average Bonchev–Trinajstić information content (AvgIpc) is 2.66. The molecule has 1 atom stereocenters. The highest BCUT2D eigenvalue weighted by molar-refractivity contribution is 6.18. The third-order valence-electron chi connectivity index (χ3n) is 4.44. The molecule has 1 aromatic rings. The summed E-state index contributed by atoms with van der Waals surface area (Å²) in [5.41, 5.74) is 0.486. The van der Waals surface area contributed by atoms with E-state index in [2.05, 4.69) is 10.2 Å². The van der Waals surface area contributed by atoms with Gasteiger partial charge in [0.05, 0.1) is 13.0 Å². The number of carbonyl (C=O) groups excluding carboxylic acids is 2. The van der Waals surface area contributed by atoms with Gasteiger partial charge in [-0.1, -0.05) is 0 Å². The van der Waals surface area contributed by atoms with E-state index in [0.29, 0.717) is 43.6 Å². The fourth-order valence-electron chi connectivity index (χ4n) is 3.29. The van der Waals surface area contributed by atoms with E-state index in [1.807, 2.05) is 25.1 Å². The monoisotopic (exact) mass is 518 g/mol. The maximum Gasteiger partial charge on any atom is 0.407 e. The Kier molecular flexibility index (Phi) is 12.3. The summed E-state index contributed by atoms with van der Waals surface area (Å²) in [4.78, 5) is 27.2. The maximum absolute atomic E-state index is 12.6. The number of rotatable bonds is 12. The number of hydrogen-bond acceptors (Lipinski definition) is 6. The average molecular weight is 520 g/mol. The van der Waals surface area contributed by atoms with Gasteiger partial charge in [-0.3, -0.25) is 4.79 Å². The first-order chi connectivity index (χ1) is 15.8. The van der Waals surface area contributed by atoms with Crippen LogP contribution in [0.1, 0.15) is 60.5 Å². The van der Waals surface area contributed by atoms with E-state index in [4.69, 9.17) is 37.4 Å². The van der Waals surface area contributed by atoms with Crippen LogP contribution in [0.4, 0.5) is 10.5 Å². The molecule has 194 valence electrons. The molecule has 34 heavy (non-hydrogen) atoms. The van der Waals surface area contributed by atoms with Gasteiger partial charge < -0.3 is 24.4 Å². The van der Waals surface area contributed by atoms with E-state index in [-0.39, 0.29) is 6.42 Å². The van der Waals surface area contributed by atoms with E-state index in [9.17, 15) is 9.59 Å². The predicted molar refractivity (Wildman–Crippen MR) is 139 cm³/mol. The Morgan fingerprint density at radius 3 is 2.09 bits per heavy atom. The van der Waals surface area contributed by atoms with Crippen molar-refractivity contribution in [3.05, 3.63) is 23.8 Å². The molecule has 0 unspecified atom stereocenters. The van der Waals surface area contributed by atoms with Crippen LogP contribution in [0.25, 0.3) is 0 Å². The molecule has 0 aliphatic heterocycles. The molecule has 0 aromatic heterocycles. The number of alkyl halides is 2. The van der Waals surface area contributed by atoms with Crippen LogP contribution < -0.4 is 15.0 Å². The van der Waals surface area contributed by atoms with Crippen LogP contribution in [0.2, 0.25) is 0 Å². The Morgan fingerprint density at radius 1 is 1.00 bits per heavy atom. The molecule has 0 aliphatic rings. The van der Waals surface area contributed by atoms with Gasteiger partial charge in [-0.15, -0.1) is 23.2 Å². The largest absolute Gasteiger partial charge is 0.494 e. The number of anilines is 1. The number of carbonyl (C=O) groups is 2. The predicted octanol–water partition coefficient (Wildman–Crippen LogP) is 5.54. The van der Waals surface area contributed by atoms with E-state index in [1.165, 1.54) is 0 Å². The van der Waals surface area contributed by atoms with Crippen LogP contribution in [-0.4, -0.2) is 60.8 Å². The highest BCUT2D eigenvalue weighted by atomic mass is 35.5. The lowest BCUT2D eigenvalue weighted by Gasteiger charge is -2.27. The fraction of sp³-hybridized carbons (Fsp3) is 0.680. The third kappa shape index (κ3) is 12.0. The van der Waals surface area contributed by atoms with Crippen molar-refractivity contribution < 1.29 is 23.8 Å². The topological polar surface area (TPSA) is 77.1 Å². The van der Waals surface area contributed by atoms with Crippen LogP contribution in [0.5, 0.6) is 5.75 Å². The Labute approximate surface area is 214 Å². The van der Waals surface area contributed by atoms with Gasteiger partial charge in [-0.05, 0) is 78.6 Å². The third-order valence-corrected chi connectivity index (χ3v) is 4.78. The molecule has 0 spiro atoms. The maximum atomic E-state index is 12.6. The van der Waals surface area contributed by atoms with Crippen molar-refractivity contribution in [3.63, 3.8) is 0 Å². The summed E-state index contributed by atoms with van der Waals surface area (Å²) in [5, 5.41) is 2.83. The lowest BCUT2D eigenvalue weighted by atomic mass is 10.0. The number of alkyl carbamates (subject to hydrolysis) is 1. The first kappa shape index (κ1) is 30.2. The number of nitrogens with one attached hydrogen (secondary N) is 1. The van der Waals surface area contributed by atoms with Crippen molar-refractivity contribution in [2.45, 2.75) is 78.6 Å². The van der Waals surface area contributed by atoms with Crippen LogP contribution in [0.3, 0.4) is 0 Å². The SMILES string of the molecule is CCOc1ccc(N(CCCl)CCCl)cc1C[C@@H](CC(=O)OC(C)(C)C)NC(=O)OC(C)(C)C. The minimum Gasteiger partial charge on any atom is -0.494 e. The van der Waals surface area contributed by atoms with Gasteiger partial charge in [-0.2, -0.15) is 0 Å². The summed E-state index contributed by atoms with van der Waals surface area (Å²) < 4.78 is 16.7. The number of nitrogens with zero attached hydrogens (tertiary/aromatic N) is 1. The molecule has 0 saturated carbocycles. The highest BCUT2D eigenvalue weighted by Gasteiger charge is 2.26. The quantitative estimate of drug-likeness (QED) is 0.289. The highest BCUT2D eigenvalue weighted by Crippen LogP contribution is 2.28. The molecule has 9 heteroatoms. The summed E-state index contributed by atoms with van der Waals surface area (Å²) in [5.74, 6) is 1.19. The van der Waals surface area contributed by atoms with Crippen molar-refractivity contribution in [2.24, 2.45) is 0 Å². The molecule has 0 heterocycles. The molecule has 1 N–H and O–H groups in total. The van der Waals surface area contributed by atoms with Gasteiger partial charge in [0.25, 0.3) is 0 Å². The lowest BCUT2D eigenvalue weighted by Crippen LogP contribution is -2.42. The van der Waals surface area contributed by atoms with Crippen molar-refractivity contribution >= 4 is 41.0 Å². The summed E-state index contributed by atoms with van der Waals surface area (Å²) in [7, 11) is 0. The van der Waals surface area contributed by atoms with Gasteiger partial charge in [-0.25, -0.2) is 4.79 Å². The summed E-state index contributed by atoms with van der Waals surface area (Å²) in [6.45, 7) is 14.4. The molecule has 0 radical (unpaired) electrons. The Balaban J connectivity index is 3.25. The molecular weight excluding hydrogens is 479 g/mol. The smallest absolute Gasteiger partial charge is 0.407 e. The number of ether oxygens (including phenoxy) is 3. The minimum atomic E-state index is -0.666. The summed E-state index contributed by atoms with van der Waals surface area (Å²) >= 11 is 12.0. The number of esters is 1. The van der Waals surface area contributed by atoms with Crippen LogP contribution in [0, 0.1) is 0 Å². The van der Waals surface area contributed by atoms with Crippen molar-refractivity contribution in [1.29, 1.82) is 0 Å². The molecule has 0 bridgehead atoms. The van der Waals surface area contributed by atoms with Crippen LogP contribution >= 0.6 is 23.2 Å². The molecule has 1 aromatic carbocycles. The van der Waals surface area contributed by atoms with Gasteiger partial charge in [0.1, 0.15) is 17.0 Å². The zero-order valence-electron chi connectivity index (χ0n) is 21.5. The van der Waals surface area contributed by atoms with Crippen LogP contribution in [0.15, 0.2) is 18.2 Å². The standard InChI is InChI=1S/C25H40Cl2N2O5/c1-8-32-21-10-9-20(29(13-11-26)14-12-27)16-18(21)15-19(17-22(30)33-24(2,3)4)28-23(31)34-25(5,6)7/h9-10,16,19H,8,11-15,17H2,1-7H3,(H,28,31)/t19-/m0/s1. The molecule has 7 nitrogen and oxygen atoms in total. The van der Waals surface area contributed by atoms with Crippen molar-refractivity contribution in [3.8, 4) is 5.75 Å².